The van der Waals surface area contributed by atoms with E-state index >= 15 is 0 Å². The van der Waals surface area contributed by atoms with Gasteiger partial charge in [0.05, 0.1) is 12.2 Å². The predicted molar refractivity (Wildman–Crippen MR) is 116 cm³/mol. The number of nitrogens with zero attached hydrogens (tertiary/aromatic N) is 2. The summed E-state index contributed by atoms with van der Waals surface area (Å²) in [6.45, 7) is 6.83. The van der Waals surface area contributed by atoms with Crippen molar-refractivity contribution in [3.8, 4) is 17.0 Å². The number of carbonyl (C=O) groups is 1. The lowest BCUT2D eigenvalue weighted by Crippen LogP contribution is -2.44. The van der Waals surface area contributed by atoms with E-state index in [0.29, 0.717) is 37.8 Å². The highest BCUT2D eigenvalue weighted by Crippen LogP contribution is 2.26. The number of benzene rings is 1. The van der Waals surface area contributed by atoms with Crippen LogP contribution in [0.3, 0.4) is 0 Å². The average molecular weight is 415 g/mol. The Morgan fingerprint density at radius 3 is 2.30 bits per heavy atom. The smallest absolute Gasteiger partial charge is 0.335 e. The van der Waals surface area contributed by atoms with Crippen LogP contribution >= 0.6 is 0 Å². The minimum Gasteiger partial charge on any atom is -0.478 e. The fourth-order valence-corrected chi connectivity index (χ4v) is 3.83. The normalized spacial score (nSPS) is 15.8. The maximum absolute atomic E-state index is 14.6. The van der Waals surface area contributed by atoms with Crippen molar-refractivity contribution in [1.82, 2.24) is 9.88 Å². The van der Waals surface area contributed by atoms with E-state index in [0.717, 1.165) is 37.1 Å². The van der Waals surface area contributed by atoms with Crippen LogP contribution in [0.2, 0.25) is 0 Å². The van der Waals surface area contributed by atoms with Crippen molar-refractivity contribution in [3.05, 3.63) is 48.2 Å². The summed E-state index contributed by atoms with van der Waals surface area (Å²) in [6.07, 6.45) is 4.90. The largest absolute Gasteiger partial charge is 0.478 e. The Bertz CT molecular complexity index is 811. The number of carboxylic acids is 1. The Morgan fingerprint density at radius 2 is 1.77 bits per heavy atom. The lowest BCUT2D eigenvalue weighted by atomic mass is 9.94. The van der Waals surface area contributed by atoms with Crippen molar-refractivity contribution in [1.29, 1.82) is 0 Å². The molecule has 0 saturated carbocycles. The zero-order chi connectivity index (χ0) is 21.6. The van der Waals surface area contributed by atoms with E-state index in [9.17, 15) is 9.18 Å². The topological polar surface area (TPSA) is 62.7 Å². The highest BCUT2D eigenvalue weighted by molar-refractivity contribution is 5.88. The molecule has 0 atom stereocenters. The van der Waals surface area contributed by atoms with E-state index in [1.165, 1.54) is 0 Å². The molecular formula is C24H31FN2O3. The van der Waals surface area contributed by atoms with Gasteiger partial charge in [-0.15, -0.1) is 0 Å². The first-order valence-electron chi connectivity index (χ1n) is 10.8. The minimum absolute atomic E-state index is 0.263. The van der Waals surface area contributed by atoms with Gasteiger partial charge in [0.2, 0.25) is 5.88 Å². The molecule has 162 valence electrons. The second-order valence-electron chi connectivity index (χ2n) is 8.16. The number of hydrogen-bond acceptors (Lipinski definition) is 4. The number of piperidine rings is 1. The highest BCUT2D eigenvalue weighted by Gasteiger charge is 2.30. The number of likely N-dealkylation sites (tertiary alicyclic amines) is 1. The van der Waals surface area contributed by atoms with Crippen molar-refractivity contribution >= 4 is 5.97 Å². The van der Waals surface area contributed by atoms with Crippen LogP contribution in [-0.4, -0.2) is 52.9 Å². The molecule has 0 bridgehead atoms. The van der Waals surface area contributed by atoms with E-state index < -0.39 is 11.6 Å². The molecule has 30 heavy (non-hydrogen) atoms. The van der Waals surface area contributed by atoms with Gasteiger partial charge in [-0.05, 0) is 68.5 Å². The molecule has 1 fully saturated rings. The predicted octanol–water partition coefficient (Wildman–Crippen LogP) is 5.07. The van der Waals surface area contributed by atoms with E-state index in [2.05, 4.69) is 9.88 Å². The number of ether oxygens (including phenoxy) is 1. The van der Waals surface area contributed by atoms with E-state index in [1.807, 2.05) is 26.0 Å². The van der Waals surface area contributed by atoms with Crippen LogP contribution in [0, 0.1) is 5.92 Å². The van der Waals surface area contributed by atoms with Crippen molar-refractivity contribution in [2.24, 2.45) is 5.92 Å². The monoisotopic (exact) mass is 414 g/mol. The van der Waals surface area contributed by atoms with Gasteiger partial charge in [0.15, 0.2) is 0 Å². The summed E-state index contributed by atoms with van der Waals surface area (Å²) < 4.78 is 20.5. The van der Waals surface area contributed by atoms with Gasteiger partial charge in [0.25, 0.3) is 0 Å². The molecule has 2 heterocycles. The third-order valence-corrected chi connectivity index (χ3v) is 6.15. The van der Waals surface area contributed by atoms with Gasteiger partial charge in [0.1, 0.15) is 5.67 Å². The van der Waals surface area contributed by atoms with Crippen LogP contribution in [0.15, 0.2) is 42.6 Å². The van der Waals surface area contributed by atoms with Crippen LogP contribution in [0.25, 0.3) is 11.1 Å². The molecule has 3 rings (SSSR count). The number of carboxylic acid groups (broad SMARTS) is 1. The quantitative estimate of drug-likeness (QED) is 0.621. The van der Waals surface area contributed by atoms with Gasteiger partial charge in [-0.3, -0.25) is 0 Å². The van der Waals surface area contributed by atoms with Crippen molar-refractivity contribution in [2.45, 2.75) is 45.2 Å². The van der Waals surface area contributed by atoms with Crippen LogP contribution < -0.4 is 4.74 Å². The second kappa shape index (κ2) is 10.0. The molecule has 5 nitrogen and oxygen atoms in total. The Hall–Kier alpha value is -2.47. The molecule has 1 aliphatic heterocycles. The molecular weight excluding hydrogens is 383 g/mol. The zero-order valence-corrected chi connectivity index (χ0v) is 17.8. The lowest BCUT2D eigenvalue weighted by Gasteiger charge is -2.36. The summed E-state index contributed by atoms with van der Waals surface area (Å²) in [6, 6.07) is 10.5. The summed E-state index contributed by atoms with van der Waals surface area (Å²) in [7, 11) is 0. The second-order valence-corrected chi connectivity index (χ2v) is 8.16. The fourth-order valence-electron chi connectivity index (χ4n) is 3.83. The Morgan fingerprint density at radius 1 is 1.13 bits per heavy atom. The third kappa shape index (κ3) is 5.79. The van der Waals surface area contributed by atoms with Crippen molar-refractivity contribution < 1.29 is 19.0 Å². The van der Waals surface area contributed by atoms with E-state index in [-0.39, 0.29) is 5.56 Å². The Kier molecular flexibility index (Phi) is 7.43. The number of alkyl halides is 1. The van der Waals surface area contributed by atoms with Gasteiger partial charge in [0, 0.05) is 24.4 Å². The third-order valence-electron chi connectivity index (χ3n) is 6.15. The summed E-state index contributed by atoms with van der Waals surface area (Å²) in [4.78, 5) is 17.6. The number of hydrogen-bond donors (Lipinski definition) is 1. The number of rotatable bonds is 9. The van der Waals surface area contributed by atoms with Crippen molar-refractivity contribution in [2.75, 3.05) is 26.2 Å². The molecule has 6 heteroatoms. The minimum atomic E-state index is -1.07. The first-order valence-corrected chi connectivity index (χ1v) is 10.8. The summed E-state index contributed by atoms with van der Waals surface area (Å²) in [5.74, 6) is 0.112. The van der Waals surface area contributed by atoms with E-state index in [4.69, 9.17) is 9.84 Å². The number of aromatic carboxylic acids is 1. The van der Waals surface area contributed by atoms with E-state index in [1.54, 1.807) is 30.5 Å². The standard InChI is InChI=1S/C24H31FN2O3/c1-3-24(25,4-2)17-27-13-11-18(12-14-27)16-30-22-10-9-21(15-26-22)19-5-7-20(8-6-19)23(28)29/h5-10,15,18H,3-4,11-14,16-17H2,1-2H3,(H,28,29). The molecule has 1 aliphatic rings. The van der Waals surface area contributed by atoms with Crippen LogP contribution in [0.5, 0.6) is 5.88 Å². The molecule has 2 aromatic rings. The molecule has 1 aromatic heterocycles. The summed E-state index contributed by atoms with van der Waals surface area (Å²) >= 11 is 0. The summed E-state index contributed by atoms with van der Waals surface area (Å²) in [5.41, 5.74) is 1.02. The SMILES string of the molecule is CCC(F)(CC)CN1CCC(COc2ccc(-c3ccc(C(=O)O)cc3)cn2)CC1. The van der Waals surface area contributed by atoms with Gasteiger partial charge in [-0.1, -0.05) is 26.0 Å². The fraction of sp³-hybridized carbons (Fsp3) is 0.500. The first kappa shape index (κ1) is 22.2. The van der Waals surface area contributed by atoms with Crippen molar-refractivity contribution in [3.63, 3.8) is 0 Å². The average Bonchev–Trinajstić information content (AvgIpc) is 2.79. The highest BCUT2D eigenvalue weighted by atomic mass is 19.1. The molecule has 1 N–H and O–H groups in total. The van der Waals surface area contributed by atoms with Crippen LogP contribution in [0.4, 0.5) is 4.39 Å². The first-order chi connectivity index (χ1) is 14.4. The molecule has 0 radical (unpaired) electrons. The molecule has 0 amide bonds. The molecule has 0 aliphatic carbocycles. The molecule has 0 unspecified atom stereocenters. The zero-order valence-electron chi connectivity index (χ0n) is 17.8. The van der Waals surface area contributed by atoms with Gasteiger partial charge >= 0.3 is 5.97 Å². The Balaban J connectivity index is 1.46. The van der Waals surface area contributed by atoms with Crippen LogP contribution in [-0.2, 0) is 0 Å². The maximum Gasteiger partial charge on any atom is 0.335 e. The molecule has 1 saturated heterocycles. The van der Waals surface area contributed by atoms with Gasteiger partial charge < -0.3 is 14.7 Å². The number of pyridine rings is 1. The van der Waals surface area contributed by atoms with Crippen LogP contribution in [0.1, 0.15) is 49.9 Å². The number of aromatic nitrogens is 1. The lowest BCUT2D eigenvalue weighted by molar-refractivity contribution is 0.0565. The Labute approximate surface area is 177 Å². The molecule has 1 aromatic carbocycles. The summed E-state index contributed by atoms with van der Waals surface area (Å²) in [5, 5.41) is 8.99. The number of halogens is 1. The van der Waals surface area contributed by atoms with Gasteiger partial charge in [-0.25, -0.2) is 14.2 Å². The molecule has 0 spiro atoms. The van der Waals surface area contributed by atoms with Gasteiger partial charge in [-0.2, -0.15) is 0 Å². The maximum atomic E-state index is 14.6.